The first-order valence-electron chi connectivity index (χ1n) is 5.74. The average molecular weight is 270 g/mol. The third kappa shape index (κ3) is 2.98. The van der Waals surface area contributed by atoms with Crippen molar-refractivity contribution in [3.63, 3.8) is 0 Å². The monoisotopic (exact) mass is 270 g/mol. The molecule has 0 bridgehead atoms. The topological polar surface area (TPSA) is 96.0 Å². The first kappa shape index (κ1) is 14.9. The van der Waals surface area contributed by atoms with Crippen molar-refractivity contribution in [3.8, 4) is 0 Å². The summed E-state index contributed by atoms with van der Waals surface area (Å²) in [5.74, 6) is -5.37. The Hall–Kier alpha value is -2.18. The number of esters is 4. The summed E-state index contributed by atoms with van der Waals surface area (Å²) in [6, 6.07) is 0. The molecule has 0 aromatic heterocycles. The molecule has 0 amide bonds. The summed E-state index contributed by atoms with van der Waals surface area (Å²) in [5.41, 5.74) is -0.405. The predicted molar refractivity (Wildman–Crippen MR) is 60.6 cm³/mol. The lowest BCUT2D eigenvalue weighted by atomic mass is 9.96. The van der Waals surface area contributed by atoms with Crippen LogP contribution in [0.2, 0.25) is 0 Å². The van der Waals surface area contributed by atoms with E-state index in [2.05, 4.69) is 4.74 Å². The van der Waals surface area contributed by atoms with Crippen LogP contribution in [0.5, 0.6) is 0 Å². The van der Waals surface area contributed by atoms with Crippen LogP contribution in [0.1, 0.15) is 20.8 Å². The van der Waals surface area contributed by atoms with Crippen molar-refractivity contribution in [1.29, 1.82) is 0 Å². The van der Waals surface area contributed by atoms with Gasteiger partial charge in [-0.15, -0.1) is 0 Å². The second-order valence-corrected chi connectivity index (χ2v) is 3.65. The van der Waals surface area contributed by atoms with Crippen LogP contribution >= 0.6 is 0 Å². The number of carbonyl (C=O) groups excluding carboxylic acids is 4. The average Bonchev–Trinajstić information content (AvgIpc) is 2.57. The standard InChI is InChI=1S/C12H14O7/c1-4-17-10(14)8(11(15)18-5-2)7-6(3)9(13)19-12(7)16/h8H,4-5H2,1-3H3. The zero-order valence-electron chi connectivity index (χ0n) is 10.8. The van der Waals surface area contributed by atoms with Crippen molar-refractivity contribution in [2.24, 2.45) is 5.92 Å². The predicted octanol–water partition coefficient (Wildman–Crippen LogP) is 0.129. The number of cyclic esters (lactones) is 2. The summed E-state index contributed by atoms with van der Waals surface area (Å²) in [7, 11) is 0. The third-order valence-corrected chi connectivity index (χ3v) is 2.45. The zero-order valence-corrected chi connectivity index (χ0v) is 10.8. The van der Waals surface area contributed by atoms with Gasteiger partial charge in [-0.2, -0.15) is 0 Å². The van der Waals surface area contributed by atoms with Crippen molar-refractivity contribution in [3.05, 3.63) is 11.1 Å². The van der Waals surface area contributed by atoms with E-state index in [1.807, 2.05) is 0 Å². The van der Waals surface area contributed by atoms with E-state index in [-0.39, 0.29) is 24.4 Å². The van der Waals surface area contributed by atoms with E-state index in [1.54, 1.807) is 13.8 Å². The van der Waals surface area contributed by atoms with E-state index >= 15 is 0 Å². The Kier molecular flexibility index (Phi) is 4.80. The minimum atomic E-state index is -1.58. The number of hydrogen-bond donors (Lipinski definition) is 0. The molecule has 7 nitrogen and oxygen atoms in total. The van der Waals surface area contributed by atoms with Gasteiger partial charge in [0, 0.05) is 5.57 Å². The zero-order chi connectivity index (χ0) is 14.6. The second kappa shape index (κ2) is 6.12. The minimum Gasteiger partial charge on any atom is -0.465 e. The van der Waals surface area contributed by atoms with Crippen LogP contribution in [0.3, 0.4) is 0 Å². The lowest BCUT2D eigenvalue weighted by molar-refractivity contribution is -0.162. The summed E-state index contributed by atoms with van der Waals surface area (Å²) in [4.78, 5) is 46.3. The Morgan fingerprint density at radius 2 is 1.53 bits per heavy atom. The largest absolute Gasteiger partial charge is 0.465 e. The SMILES string of the molecule is CCOC(=O)C(C(=O)OCC)C1=C(C)C(=O)OC1=O. The molecule has 0 aliphatic carbocycles. The van der Waals surface area contributed by atoms with Gasteiger partial charge in [0.2, 0.25) is 0 Å². The van der Waals surface area contributed by atoms with Gasteiger partial charge < -0.3 is 14.2 Å². The fourth-order valence-electron chi connectivity index (χ4n) is 1.60. The number of carbonyl (C=O) groups is 4. The van der Waals surface area contributed by atoms with Crippen molar-refractivity contribution >= 4 is 23.9 Å². The van der Waals surface area contributed by atoms with Crippen LogP contribution in [0.4, 0.5) is 0 Å². The maximum Gasteiger partial charge on any atom is 0.343 e. The molecule has 1 rings (SSSR count). The molecule has 0 N–H and O–H groups in total. The lowest BCUT2D eigenvalue weighted by Gasteiger charge is -2.13. The van der Waals surface area contributed by atoms with E-state index in [1.165, 1.54) is 6.92 Å². The molecule has 104 valence electrons. The Morgan fingerprint density at radius 1 is 1.05 bits per heavy atom. The van der Waals surface area contributed by atoms with Crippen LogP contribution in [0.15, 0.2) is 11.1 Å². The second-order valence-electron chi connectivity index (χ2n) is 3.65. The molecule has 0 saturated carbocycles. The van der Waals surface area contributed by atoms with Crippen LogP contribution in [-0.2, 0) is 33.4 Å². The molecule has 19 heavy (non-hydrogen) atoms. The highest BCUT2D eigenvalue weighted by molar-refractivity contribution is 6.18. The maximum atomic E-state index is 11.8. The molecule has 0 spiro atoms. The van der Waals surface area contributed by atoms with E-state index < -0.39 is 29.8 Å². The first-order valence-corrected chi connectivity index (χ1v) is 5.74. The minimum absolute atomic E-state index is 0.0318. The molecule has 0 saturated heterocycles. The van der Waals surface area contributed by atoms with Gasteiger partial charge in [-0.3, -0.25) is 9.59 Å². The van der Waals surface area contributed by atoms with E-state index in [4.69, 9.17) is 9.47 Å². The van der Waals surface area contributed by atoms with Gasteiger partial charge in [-0.1, -0.05) is 0 Å². The molecule has 0 aromatic rings. The summed E-state index contributed by atoms with van der Waals surface area (Å²) in [6.07, 6.45) is 0. The fraction of sp³-hybridized carbons (Fsp3) is 0.500. The molecule has 0 aromatic carbocycles. The van der Waals surface area contributed by atoms with E-state index in [0.29, 0.717) is 0 Å². The number of hydrogen-bond acceptors (Lipinski definition) is 7. The van der Waals surface area contributed by atoms with Crippen molar-refractivity contribution < 1.29 is 33.4 Å². The highest BCUT2D eigenvalue weighted by Gasteiger charge is 2.44. The number of rotatable bonds is 5. The van der Waals surface area contributed by atoms with Gasteiger partial charge in [0.25, 0.3) is 0 Å². The summed E-state index contributed by atoms with van der Waals surface area (Å²) in [5, 5.41) is 0. The number of ether oxygens (including phenoxy) is 3. The van der Waals surface area contributed by atoms with Gasteiger partial charge in [0.05, 0.1) is 18.8 Å². The highest BCUT2D eigenvalue weighted by Crippen LogP contribution is 2.26. The van der Waals surface area contributed by atoms with E-state index in [9.17, 15) is 19.2 Å². The quantitative estimate of drug-likeness (QED) is 0.398. The van der Waals surface area contributed by atoms with Crippen LogP contribution in [0, 0.1) is 5.92 Å². The van der Waals surface area contributed by atoms with Gasteiger partial charge >= 0.3 is 23.9 Å². The van der Waals surface area contributed by atoms with Gasteiger partial charge in [-0.25, -0.2) is 9.59 Å². The normalized spacial score (nSPS) is 14.7. The molecule has 1 aliphatic rings. The Morgan fingerprint density at radius 3 is 1.84 bits per heavy atom. The molecular formula is C12H14O7. The van der Waals surface area contributed by atoms with Gasteiger partial charge in [0.15, 0.2) is 5.92 Å². The smallest absolute Gasteiger partial charge is 0.343 e. The fourth-order valence-corrected chi connectivity index (χ4v) is 1.60. The molecule has 0 unspecified atom stereocenters. The molecule has 7 heteroatoms. The first-order chi connectivity index (χ1) is 8.93. The molecular weight excluding hydrogens is 256 g/mol. The molecule has 1 heterocycles. The molecule has 0 atom stereocenters. The van der Waals surface area contributed by atoms with E-state index in [0.717, 1.165) is 0 Å². The molecule has 0 radical (unpaired) electrons. The Labute approximate surface area is 109 Å². The third-order valence-electron chi connectivity index (χ3n) is 2.45. The highest BCUT2D eigenvalue weighted by atomic mass is 16.6. The van der Waals surface area contributed by atoms with Crippen molar-refractivity contribution in [2.75, 3.05) is 13.2 Å². The summed E-state index contributed by atoms with van der Waals surface area (Å²) in [6.45, 7) is 4.47. The maximum absolute atomic E-state index is 11.8. The van der Waals surface area contributed by atoms with Crippen molar-refractivity contribution in [1.82, 2.24) is 0 Å². The van der Waals surface area contributed by atoms with Crippen molar-refractivity contribution in [2.45, 2.75) is 20.8 Å². The van der Waals surface area contributed by atoms with Crippen LogP contribution in [-0.4, -0.2) is 37.1 Å². The molecule has 1 aliphatic heterocycles. The van der Waals surface area contributed by atoms with Crippen LogP contribution < -0.4 is 0 Å². The Balaban J connectivity index is 3.17. The van der Waals surface area contributed by atoms with Gasteiger partial charge in [0.1, 0.15) is 0 Å². The summed E-state index contributed by atoms with van der Waals surface area (Å²) < 4.78 is 13.8. The van der Waals surface area contributed by atoms with Gasteiger partial charge in [-0.05, 0) is 20.8 Å². The summed E-state index contributed by atoms with van der Waals surface area (Å²) >= 11 is 0. The molecule has 0 fully saturated rings. The Bertz CT molecular complexity index is 443. The van der Waals surface area contributed by atoms with Crippen LogP contribution in [0.25, 0.3) is 0 Å². The lowest BCUT2D eigenvalue weighted by Crippen LogP contribution is -2.32.